The molecule has 0 amide bonds. The summed E-state index contributed by atoms with van der Waals surface area (Å²) in [6, 6.07) is 72.1. The van der Waals surface area contributed by atoms with Gasteiger partial charge in [-0.3, -0.25) is 0 Å². The lowest BCUT2D eigenvalue weighted by Crippen LogP contribution is -2.09. The minimum atomic E-state index is 0.862. The number of nitrogens with zero attached hydrogens (tertiary/aromatic N) is 1. The summed E-state index contributed by atoms with van der Waals surface area (Å²) in [5.74, 6) is 0. The van der Waals surface area contributed by atoms with E-state index in [-0.39, 0.29) is 0 Å². The highest BCUT2D eigenvalue weighted by molar-refractivity contribution is 6.30. The number of rotatable bonds is 5. The maximum absolute atomic E-state index is 6.77. The lowest BCUT2D eigenvalue weighted by molar-refractivity contribution is 0.669. The molecule has 10 aromatic carbocycles. The first-order valence-corrected chi connectivity index (χ1v) is 18.5. The van der Waals surface area contributed by atoms with Gasteiger partial charge in [0, 0.05) is 33.9 Å². The molecule has 54 heavy (non-hydrogen) atoms. The molecule has 0 fully saturated rings. The van der Waals surface area contributed by atoms with Gasteiger partial charge in [0.25, 0.3) is 0 Å². The standard InChI is InChI=1S/C52H33NO/c1-3-12-34(13-4-1)37-16-11-19-41(30-37)53(40-17-5-2-6-18-40)42-26-29-46-45-27-25-39(32-49(45)54-50(46)33-42)48-31-38-15-8-10-21-44(38)52-47(48)28-24-36-23-22-35-14-7-9-20-43(35)51(36)52/h1-33H. The summed E-state index contributed by atoms with van der Waals surface area (Å²) < 4.78 is 6.77. The van der Waals surface area contributed by atoms with E-state index in [2.05, 4.69) is 205 Å². The topological polar surface area (TPSA) is 16.4 Å². The molecular weight excluding hydrogens is 655 g/mol. The Morgan fingerprint density at radius 3 is 1.72 bits per heavy atom. The van der Waals surface area contributed by atoms with Gasteiger partial charge < -0.3 is 9.32 Å². The van der Waals surface area contributed by atoms with Crippen molar-refractivity contribution in [3.8, 4) is 22.3 Å². The molecule has 11 aromatic rings. The molecule has 0 aliphatic rings. The highest BCUT2D eigenvalue weighted by Gasteiger charge is 2.18. The van der Waals surface area contributed by atoms with Gasteiger partial charge in [-0.25, -0.2) is 0 Å². The van der Waals surface area contributed by atoms with Gasteiger partial charge in [0.2, 0.25) is 0 Å². The molecule has 2 heteroatoms. The van der Waals surface area contributed by atoms with E-state index in [0.29, 0.717) is 0 Å². The zero-order chi connectivity index (χ0) is 35.6. The fraction of sp³-hybridized carbons (Fsp3) is 0. The van der Waals surface area contributed by atoms with Crippen LogP contribution in [0.1, 0.15) is 0 Å². The maximum atomic E-state index is 6.77. The lowest BCUT2D eigenvalue weighted by Gasteiger charge is -2.26. The van der Waals surface area contributed by atoms with Crippen LogP contribution in [0.15, 0.2) is 205 Å². The summed E-state index contributed by atoms with van der Waals surface area (Å²) in [4.78, 5) is 2.31. The quantitative estimate of drug-likeness (QED) is 0.168. The Balaban J connectivity index is 1.08. The summed E-state index contributed by atoms with van der Waals surface area (Å²) >= 11 is 0. The van der Waals surface area contributed by atoms with Crippen LogP contribution in [-0.4, -0.2) is 0 Å². The second kappa shape index (κ2) is 12.2. The van der Waals surface area contributed by atoms with Gasteiger partial charge in [-0.1, -0.05) is 140 Å². The van der Waals surface area contributed by atoms with Crippen LogP contribution in [0.25, 0.3) is 87.3 Å². The van der Waals surface area contributed by atoms with E-state index >= 15 is 0 Å². The normalized spacial score (nSPS) is 11.7. The molecule has 0 spiro atoms. The molecule has 0 aliphatic heterocycles. The summed E-state index contributed by atoms with van der Waals surface area (Å²) in [7, 11) is 0. The predicted molar refractivity (Wildman–Crippen MR) is 229 cm³/mol. The molecule has 0 saturated carbocycles. The van der Waals surface area contributed by atoms with Gasteiger partial charge in [-0.15, -0.1) is 0 Å². The third-order valence-corrected chi connectivity index (χ3v) is 11.0. The Kier molecular flexibility index (Phi) is 6.90. The van der Waals surface area contributed by atoms with E-state index in [1.807, 2.05) is 0 Å². The lowest BCUT2D eigenvalue weighted by atomic mass is 9.88. The Bertz CT molecular complexity index is 3210. The number of hydrogen-bond acceptors (Lipinski definition) is 2. The first-order chi connectivity index (χ1) is 26.8. The third-order valence-electron chi connectivity index (χ3n) is 11.0. The average Bonchev–Trinajstić information content (AvgIpc) is 3.61. The first kappa shape index (κ1) is 30.5. The van der Waals surface area contributed by atoms with E-state index in [1.165, 1.54) is 59.8 Å². The van der Waals surface area contributed by atoms with Crippen LogP contribution in [0, 0.1) is 0 Å². The molecule has 0 radical (unpaired) electrons. The molecule has 1 heterocycles. The highest BCUT2D eigenvalue weighted by Crippen LogP contribution is 2.44. The summed E-state index contributed by atoms with van der Waals surface area (Å²) in [6.45, 7) is 0. The zero-order valence-electron chi connectivity index (χ0n) is 29.4. The van der Waals surface area contributed by atoms with Crippen molar-refractivity contribution in [3.63, 3.8) is 0 Å². The number of hydrogen-bond donors (Lipinski definition) is 0. The number of furan rings is 1. The Hall–Kier alpha value is -7.16. The summed E-state index contributed by atoms with van der Waals surface area (Å²) in [6.07, 6.45) is 0. The second-order valence-electron chi connectivity index (χ2n) is 14.1. The van der Waals surface area contributed by atoms with Gasteiger partial charge in [0.1, 0.15) is 11.2 Å². The smallest absolute Gasteiger partial charge is 0.137 e. The van der Waals surface area contributed by atoms with Gasteiger partial charge in [0.15, 0.2) is 0 Å². The number of fused-ring (bicyclic) bond motifs is 10. The Morgan fingerprint density at radius 1 is 0.296 bits per heavy atom. The van der Waals surface area contributed by atoms with Crippen LogP contribution in [0.5, 0.6) is 0 Å². The largest absolute Gasteiger partial charge is 0.456 e. The third kappa shape index (κ3) is 4.88. The SMILES string of the molecule is c1ccc(-c2cccc(N(c3ccccc3)c3ccc4c(c3)oc3cc(-c5cc6ccccc6c6c5ccc5ccc7ccccc7c56)ccc34)c2)cc1. The van der Waals surface area contributed by atoms with Crippen LogP contribution in [0.4, 0.5) is 17.1 Å². The average molecular weight is 688 g/mol. The minimum Gasteiger partial charge on any atom is -0.456 e. The van der Waals surface area contributed by atoms with E-state index < -0.39 is 0 Å². The molecule has 0 aliphatic carbocycles. The van der Waals surface area contributed by atoms with E-state index in [9.17, 15) is 0 Å². The predicted octanol–water partition coefficient (Wildman–Crippen LogP) is 15.0. The molecule has 0 saturated heterocycles. The molecule has 0 bridgehead atoms. The van der Waals surface area contributed by atoms with Crippen molar-refractivity contribution in [3.05, 3.63) is 200 Å². The van der Waals surface area contributed by atoms with Crippen molar-refractivity contribution < 1.29 is 4.42 Å². The second-order valence-corrected chi connectivity index (χ2v) is 14.1. The van der Waals surface area contributed by atoms with E-state index in [0.717, 1.165) is 44.6 Å². The van der Waals surface area contributed by atoms with Gasteiger partial charge in [-0.05, 0) is 120 Å². The van der Waals surface area contributed by atoms with Crippen molar-refractivity contribution in [2.45, 2.75) is 0 Å². The van der Waals surface area contributed by atoms with Gasteiger partial charge in [0.05, 0.1) is 0 Å². The molecule has 11 rings (SSSR count). The summed E-state index contributed by atoms with van der Waals surface area (Å²) in [5.41, 5.74) is 9.66. The number of anilines is 3. The Labute approximate surface area is 312 Å². The van der Waals surface area contributed by atoms with Gasteiger partial charge >= 0.3 is 0 Å². The molecule has 0 unspecified atom stereocenters. The first-order valence-electron chi connectivity index (χ1n) is 18.5. The summed E-state index contributed by atoms with van der Waals surface area (Å²) in [5, 5.41) is 12.3. The molecule has 0 N–H and O–H groups in total. The molecule has 2 nitrogen and oxygen atoms in total. The Morgan fingerprint density at radius 2 is 0.889 bits per heavy atom. The van der Waals surface area contributed by atoms with Crippen molar-refractivity contribution in [2.75, 3.05) is 4.90 Å². The fourth-order valence-corrected chi connectivity index (χ4v) is 8.48. The molecular formula is C52H33NO. The number of para-hydroxylation sites is 1. The van der Waals surface area contributed by atoms with Crippen LogP contribution < -0.4 is 4.90 Å². The molecule has 0 atom stereocenters. The van der Waals surface area contributed by atoms with Crippen molar-refractivity contribution in [2.24, 2.45) is 0 Å². The van der Waals surface area contributed by atoms with Crippen molar-refractivity contribution in [1.82, 2.24) is 0 Å². The van der Waals surface area contributed by atoms with Crippen molar-refractivity contribution >= 4 is 82.1 Å². The monoisotopic (exact) mass is 687 g/mol. The molecule has 1 aromatic heterocycles. The highest BCUT2D eigenvalue weighted by atomic mass is 16.3. The van der Waals surface area contributed by atoms with E-state index in [4.69, 9.17) is 4.42 Å². The van der Waals surface area contributed by atoms with Crippen LogP contribution in [0.3, 0.4) is 0 Å². The van der Waals surface area contributed by atoms with Crippen LogP contribution in [0.2, 0.25) is 0 Å². The minimum absolute atomic E-state index is 0.862. The van der Waals surface area contributed by atoms with E-state index in [1.54, 1.807) is 0 Å². The van der Waals surface area contributed by atoms with Gasteiger partial charge in [-0.2, -0.15) is 0 Å². The maximum Gasteiger partial charge on any atom is 0.137 e. The molecule has 252 valence electrons. The fourth-order valence-electron chi connectivity index (χ4n) is 8.48. The number of benzene rings is 10. The van der Waals surface area contributed by atoms with Crippen molar-refractivity contribution in [1.29, 1.82) is 0 Å². The zero-order valence-corrected chi connectivity index (χ0v) is 29.4. The van der Waals surface area contributed by atoms with Crippen LogP contribution >= 0.6 is 0 Å². The van der Waals surface area contributed by atoms with Crippen LogP contribution in [-0.2, 0) is 0 Å².